The molecule has 4 nitrogen and oxygen atoms in total. The maximum atomic E-state index is 12.6. The molecule has 2 N–H and O–H groups in total. The molecule has 0 atom stereocenters. The second-order valence-electron chi connectivity index (χ2n) is 6.97. The standard InChI is InChI=1S/C21H24N2O2/c1-15(2)19(24)23-18-10-8-16(9-11-18)14-22-20(25)21(12-13-21)17-6-4-3-5-7-17/h3-11,15H,12-14H2,1-2H3,(H,22,25)(H,23,24). The van der Waals surface area contributed by atoms with E-state index in [9.17, 15) is 9.59 Å². The molecule has 1 aliphatic carbocycles. The molecular formula is C21H24N2O2. The molecule has 2 aromatic rings. The van der Waals surface area contributed by atoms with Crippen LogP contribution in [-0.2, 0) is 21.5 Å². The summed E-state index contributed by atoms with van der Waals surface area (Å²) in [7, 11) is 0. The van der Waals surface area contributed by atoms with Gasteiger partial charge in [0.25, 0.3) is 0 Å². The van der Waals surface area contributed by atoms with Crippen LogP contribution in [0.2, 0.25) is 0 Å². The van der Waals surface area contributed by atoms with Gasteiger partial charge < -0.3 is 10.6 Å². The van der Waals surface area contributed by atoms with Gasteiger partial charge in [0.2, 0.25) is 11.8 Å². The molecule has 0 aliphatic heterocycles. The van der Waals surface area contributed by atoms with E-state index in [4.69, 9.17) is 0 Å². The third-order valence-electron chi connectivity index (χ3n) is 4.71. The molecule has 1 saturated carbocycles. The Morgan fingerprint density at radius 2 is 1.64 bits per heavy atom. The van der Waals surface area contributed by atoms with E-state index in [1.807, 2.05) is 68.4 Å². The van der Waals surface area contributed by atoms with Gasteiger partial charge in [0, 0.05) is 18.2 Å². The minimum atomic E-state index is -0.341. The first-order chi connectivity index (χ1) is 12.0. The second kappa shape index (κ2) is 7.09. The maximum Gasteiger partial charge on any atom is 0.230 e. The number of rotatable bonds is 6. The first-order valence-electron chi connectivity index (χ1n) is 8.75. The summed E-state index contributed by atoms with van der Waals surface area (Å²) in [6.45, 7) is 4.21. The fourth-order valence-corrected chi connectivity index (χ4v) is 2.87. The quantitative estimate of drug-likeness (QED) is 0.846. The van der Waals surface area contributed by atoms with Crippen LogP contribution in [0.4, 0.5) is 5.69 Å². The summed E-state index contributed by atoms with van der Waals surface area (Å²) in [5, 5.41) is 5.92. The average Bonchev–Trinajstić information content (AvgIpc) is 3.43. The van der Waals surface area contributed by atoms with Gasteiger partial charge in [-0.25, -0.2) is 0 Å². The Hall–Kier alpha value is -2.62. The van der Waals surface area contributed by atoms with Crippen molar-refractivity contribution in [2.24, 2.45) is 5.92 Å². The third-order valence-corrected chi connectivity index (χ3v) is 4.71. The largest absolute Gasteiger partial charge is 0.351 e. The molecule has 2 aromatic carbocycles. The van der Waals surface area contributed by atoms with E-state index in [1.165, 1.54) is 0 Å². The van der Waals surface area contributed by atoms with Crippen LogP contribution in [0.5, 0.6) is 0 Å². The number of anilines is 1. The van der Waals surface area contributed by atoms with Crippen molar-refractivity contribution in [2.45, 2.75) is 38.6 Å². The van der Waals surface area contributed by atoms with Crippen molar-refractivity contribution in [1.82, 2.24) is 5.32 Å². The predicted molar refractivity (Wildman–Crippen MR) is 99.1 cm³/mol. The zero-order valence-electron chi connectivity index (χ0n) is 14.7. The Morgan fingerprint density at radius 3 is 2.20 bits per heavy atom. The highest BCUT2D eigenvalue weighted by Crippen LogP contribution is 2.48. The molecule has 0 aromatic heterocycles. The van der Waals surface area contributed by atoms with E-state index < -0.39 is 0 Å². The normalized spacial score (nSPS) is 14.8. The average molecular weight is 336 g/mol. The maximum absolute atomic E-state index is 12.6. The molecule has 1 fully saturated rings. The van der Waals surface area contributed by atoms with Crippen LogP contribution in [0.3, 0.4) is 0 Å². The summed E-state index contributed by atoms with van der Waals surface area (Å²) in [5.74, 6) is 0.0437. The summed E-state index contributed by atoms with van der Waals surface area (Å²) in [5.41, 5.74) is 2.54. The Morgan fingerprint density at radius 1 is 1.00 bits per heavy atom. The zero-order chi connectivity index (χ0) is 17.9. The molecule has 0 spiro atoms. The summed E-state index contributed by atoms with van der Waals surface area (Å²) < 4.78 is 0. The Bertz CT molecular complexity index is 747. The van der Waals surface area contributed by atoms with Crippen molar-refractivity contribution in [2.75, 3.05) is 5.32 Å². The minimum absolute atomic E-state index is 0.000380. The summed E-state index contributed by atoms with van der Waals surface area (Å²) in [6.07, 6.45) is 1.81. The van der Waals surface area contributed by atoms with E-state index in [-0.39, 0.29) is 23.1 Å². The number of benzene rings is 2. The van der Waals surface area contributed by atoms with Crippen LogP contribution in [0, 0.1) is 5.92 Å². The van der Waals surface area contributed by atoms with E-state index in [0.717, 1.165) is 29.7 Å². The lowest BCUT2D eigenvalue weighted by atomic mass is 9.95. The molecule has 4 heteroatoms. The highest BCUT2D eigenvalue weighted by atomic mass is 16.2. The second-order valence-corrected chi connectivity index (χ2v) is 6.97. The van der Waals surface area contributed by atoms with E-state index in [0.29, 0.717) is 6.54 Å². The lowest BCUT2D eigenvalue weighted by molar-refractivity contribution is -0.123. The molecule has 3 rings (SSSR count). The molecule has 0 radical (unpaired) electrons. The van der Waals surface area contributed by atoms with Gasteiger partial charge in [-0.3, -0.25) is 9.59 Å². The predicted octanol–water partition coefficient (Wildman–Crippen LogP) is 3.63. The molecule has 0 heterocycles. The molecule has 0 saturated heterocycles. The van der Waals surface area contributed by atoms with E-state index in [2.05, 4.69) is 10.6 Å². The van der Waals surface area contributed by atoms with Gasteiger partial charge in [-0.15, -0.1) is 0 Å². The van der Waals surface area contributed by atoms with Gasteiger partial charge in [0.15, 0.2) is 0 Å². The number of nitrogens with one attached hydrogen (secondary N) is 2. The van der Waals surface area contributed by atoms with Gasteiger partial charge in [0.1, 0.15) is 0 Å². The fraction of sp³-hybridized carbons (Fsp3) is 0.333. The van der Waals surface area contributed by atoms with Crippen molar-refractivity contribution in [1.29, 1.82) is 0 Å². The van der Waals surface area contributed by atoms with E-state index in [1.54, 1.807) is 0 Å². The monoisotopic (exact) mass is 336 g/mol. The van der Waals surface area contributed by atoms with Crippen molar-refractivity contribution in [3.05, 3.63) is 65.7 Å². The summed E-state index contributed by atoms with van der Waals surface area (Å²) in [6, 6.07) is 17.6. The van der Waals surface area contributed by atoms with Crippen LogP contribution in [0.15, 0.2) is 54.6 Å². The molecule has 2 amide bonds. The molecule has 25 heavy (non-hydrogen) atoms. The van der Waals surface area contributed by atoms with Crippen molar-refractivity contribution in [3.8, 4) is 0 Å². The number of hydrogen-bond acceptors (Lipinski definition) is 2. The van der Waals surface area contributed by atoms with Gasteiger partial charge in [-0.1, -0.05) is 56.3 Å². The smallest absolute Gasteiger partial charge is 0.230 e. The topological polar surface area (TPSA) is 58.2 Å². The van der Waals surface area contributed by atoms with Gasteiger partial charge in [0.05, 0.1) is 5.41 Å². The van der Waals surface area contributed by atoms with Crippen LogP contribution >= 0.6 is 0 Å². The summed E-state index contributed by atoms with van der Waals surface area (Å²) >= 11 is 0. The molecule has 0 bridgehead atoms. The minimum Gasteiger partial charge on any atom is -0.351 e. The Balaban J connectivity index is 1.57. The lowest BCUT2D eigenvalue weighted by Gasteiger charge is -2.16. The van der Waals surface area contributed by atoms with Crippen molar-refractivity contribution < 1.29 is 9.59 Å². The van der Waals surface area contributed by atoms with Gasteiger partial charge in [-0.2, -0.15) is 0 Å². The van der Waals surface area contributed by atoms with Crippen molar-refractivity contribution >= 4 is 17.5 Å². The number of carbonyl (C=O) groups excluding carboxylic acids is 2. The highest BCUT2D eigenvalue weighted by Gasteiger charge is 2.50. The number of amides is 2. The molecule has 0 unspecified atom stereocenters. The Labute approximate surface area is 148 Å². The molecular weight excluding hydrogens is 312 g/mol. The van der Waals surface area contributed by atoms with Crippen molar-refractivity contribution in [3.63, 3.8) is 0 Å². The first kappa shape index (κ1) is 17.2. The zero-order valence-corrected chi connectivity index (χ0v) is 14.7. The van der Waals surface area contributed by atoms with Gasteiger partial charge in [-0.05, 0) is 36.1 Å². The molecule has 130 valence electrons. The number of carbonyl (C=O) groups is 2. The van der Waals surface area contributed by atoms with E-state index >= 15 is 0 Å². The summed E-state index contributed by atoms with van der Waals surface area (Å²) in [4.78, 5) is 24.3. The first-order valence-corrected chi connectivity index (χ1v) is 8.75. The molecule has 1 aliphatic rings. The third kappa shape index (κ3) is 3.90. The fourth-order valence-electron chi connectivity index (χ4n) is 2.87. The van der Waals surface area contributed by atoms with Crippen LogP contribution < -0.4 is 10.6 Å². The van der Waals surface area contributed by atoms with Crippen LogP contribution in [-0.4, -0.2) is 11.8 Å². The van der Waals surface area contributed by atoms with Gasteiger partial charge >= 0.3 is 0 Å². The lowest BCUT2D eigenvalue weighted by Crippen LogP contribution is -2.34. The van der Waals surface area contributed by atoms with Crippen LogP contribution in [0.1, 0.15) is 37.8 Å². The SMILES string of the molecule is CC(C)C(=O)Nc1ccc(CNC(=O)C2(c3ccccc3)CC2)cc1. The Kier molecular flexibility index (Phi) is 4.88. The number of hydrogen-bond donors (Lipinski definition) is 2. The van der Waals surface area contributed by atoms with Crippen LogP contribution in [0.25, 0.3) is 0 Å². The highest BCUT2D eigenvalue weighted by molar-refractivity contribution is 5.92.